The van der Waals surface area contributed by atoms with Crippen LogP contribution in [-0.4, -0.2) is 16.1 Å². The average Bonchev–Trinajstić information content (AvgIpc) is 2.76. The van der Waals surface area contributed by atoms with Gasteiger partial charge in [-0.15, -0.1) is 0 Å². The van der Waals surface area contributed by atoms with Crippen molar-refractivity contribution < 1.29 is 0 Å². The molecule has 3 nitrogen and oxygen atoms in total. The summed E-state index contributed by atoms with van der Waals surface area (Å²) in [7, 11) is 0. The van der Waals surface area contributed by atoms with Gasteiger partial charge in [0.15, 0.2) is 0 Å². The molecular weight excluding hydrogens is 222 g/mol. The molecule has 0 amide bonds. The molecule has 0 bridgehead atoms. The van der Waals surface area contributed by atoms with Crippen LogP contribution in [0.2, 0.25) is 0 Å². The fourth-order valence-corrected chi connectivity index (χ4v) is 2.01. The Bertz CT molecular complexity index is 485. The van der Waals surface area contributed by atoms with Crippen molar-refractivity contribution in [2.24, 2.45) is 0 Å². The van der Waals surface area contributed by atoms with Crippen LogP contribution in [0.1, 0.15) is 29.9 Å². The maximum atomic E-state index is 4.22. The molecule has 0 aliphatic rings. The second kappa shape index (κ2) is 5.83. The molecule has 1 heterocycles. The second-order valence-corrected chi connectivity index (χ2v) is 4.75. The second-order valence-electron chi connectivity index (χ2n) is 4.75. The van der Waals surface area contributed by atoms with Crippen LogP contribution in [0.15, 0.2) is 36.7 Å². The molecule has 3 heteroatoms. The highest BCUT2D eigenvalue weighted by atomic mass is 15.1. The molecular formula is C15H21N3. The van der Waals surface area contributed by atoms with Crippen molar-refractivity contribution in [2.75, 3.05) is 6.54 Å². The number of aromatic nitrogens is 2. The summed E-state index contributed by atoms with van der Waals surface area (Å²) in [5, 5.41) is 3.54. The van der Waals surface area contributed by atoms with Crippen LogP contribution < -0.4 is 5.32 Å². The predicted molar refractivity (Wildman–Crippen MR) is 74.6 cm³/mol. The number of imidazole rings is 1. The van der Waals surface area contributed by atoms with Gasteiger partial charge in [-0.25, -0.2) is 4.98 Å². The van der Waals surface area contributed by atoms with Crippen LogP contribution in [0.25, 0.3) is 0 Å². The normalized spacial score (nSPS) is 12.6. The van der Waals surface area contributed by atoms with E-state index in [1.165, 1.54) is 11.1 Å². The van der Waals surface area contributed by atoms with Crippen LogP contribution >= 0.6 is 0 Å². The number of nitrogens with one attached hydrogen (secondary N) is 1. The number of hydrogen-bond donors (Lipinski definition) is 1. The number of nitrogens with zero attached hydrogens (tertiary/aromatic N) is 2. The number of rotatable bonds is 5. The van der Waals surface area contributed by atoms with Crippen molar-refractivity contribution in [1.29, 1.82) is 0 Å². The summed E-state index contributed by atoms with van der Waals surface area (Å²) in [6.07, 6.45) is 3.87. The maximum absolute atomic E-state index is 4.22. The van der Waals surface area contributed by atoms with Gasteiger partial charge < -0.3 is 9.88 Å². The van der Waals surface area contributed by atoms with Gasteiger partial charge in [0.1, 0.15) is 5.82 Å². The van der Waals surface area contributed by atoms with Crippen molar-refractivity contribution in [3.8, 4) is 0 Å². The zero-order chi connectivity index (χ0) is 13.0. The largest absolute Gasteiger partial charge is 0.334 e. The van der Waals surface area contributed by atoms with Crippen LogP contribution in [0.4, 0.5) is 0 Å². The molecule has 2 rings (SSSR count). The first-order valence-corrected chi connectivity index (χ1v) is 6.44. The Balaban J connectivity index is 1.83. The quantitative estimate of drug-likeness (QED) is 0.875. The van der Waals surface area contributed by atoms with Crippen molar-refractivity contribution >= 4 is 0 Å². The number of benzene rings is 1. The van der Waals surface area contributed by atoms with E-state index in [4.69, 9.17) is 0 Å². The van der Waals surface area contributed by atoms with E-state index in [2.05, 4.69) is 53.0 Å². The Kier molecular flexibility index (Phi) is 4.15. The minimum Gasteiger partial charge on any atom is -0.334 e. The van der Waals surface area contributed by atoms with Crippen molar-refractivity contribution in [3.05, 3.63) is 53.6 Å². The summed E-state index contributed by atoms with van der Waals surface area (Å²) in [5.41, 5.74) is 2.64. The molecule has 0 fully saturated rings. The zero-order valence-corrected chi connectivity index (χ0v) is 11.4. The summed E-state index contributed by atoms with van der Waals surface area (Å²) in [6, 6.07) is 9.08. The SMILES string of the molecule is Cc1ccc([C@H](C)NCCn2ccnc2C)cc1. The standard InChI is InChI=1S/C15H21N3/c1-12-4-6-15(7-5-12)13(2)16-8-10-18-11-9-17-14(18)3/h4-7,9,11,13,16H,8,10H2,1-3H3/t13-/m0/s1. The van der Waals surface area contributed by atoms with E-state index in [1.807, 2.05) is 19.3 Å². The van der Waals surface area contributed by atoms with Gasteiger partial charge in [0.25, 0.3) is 0 Å². The fraction of sp³-hybridized carbons (Fsp3) is 0.400. The van der Waals surface area contributed by atoms with Crippen molar-refractivity contribution in [3.63, 3.8) is 0 Å². The topological polar surface area (TPSA) is 29.9 Å². The van der Waals surface area contributed by atoms with Gasteiger partial charge >= 0.3 is 0 Å². The van der Waals surface area contributed by atoms with E-state index in [0.29, 0.717) is 6.04 Å². The third-order valence-corrected chi connectivity index (χ3v) is 3.30. The van der Waals surface area contributed by atoms with Gasteiger partial charge in [0, 0.05) is 31.5 Å². The lowest BCUT2D eigenvalue weighted by atomic mass is 10.1. The lowest BCUT2D eigenvalue weighted by Crippen LogP contribution is -2.23. The smallest absolute Gasteiger partial charge is 0.105 e. The van der Waals surface area contributed by atoms with Crippen LogP contribution in [0.3, 0.4) is 0 Å². The average molecular weight is 243 g/mol. The lowest BCUT2D eigenvalue weighted by molar-refractivity contribution is 0.526. The first-order chi connectivity index (χ1) is 8.66. The summed E-state index contributed by atoms with van der Waals surface area (Å²) in [6.45, 7) is 8.26. The van der Waals surface area contributed by atoms with Crippen molar-refractivity contribution in [2.45, 2.75) is 33.4 Å². The van der Waals surface area contributed by atoms with Crippen LogP contribution in [-0.2, 0) is 6.54 Å². The summed E-state index contributed by atoms with van der Waals surface area (Å²) in [5.74, 6) is 1.07. The minimum atomic E-state index is 0.384. The highest BCUT2D eigenvalue weighted by molar-refractivity contribution is 5.23. The Labute approximate surface area is 109 Å². The van der Waals surface area contributed by atoms with Crippen molar-refractivity contribution in [1.82, 2.24) is 14.9 Å². The Morgan fingerprint density at radius 3 is 2.56 bits per heavy atom. The number of aryl methyl sites for hydroxylation is 2. The molecule has 1 atom stereocenters. The van der Waals surface area contributed by atoms with Gasteiger partial charge in [-0.1, -0.05) is 29.8 Å². The first-order valence-electron chi connectivity index (χ1n) is 6.44. The third kappa shape index (κ3) is 3.20. The van der Waals surface area contributed by atoms with Gasteiger partial charge in [-0.3, -0.25) is 0 Å². The molecule has 0 aliphatic heterocycles. The molecule has 0 saturated heterocycles. The highest BCUT2D eigenvalue weighted by Crippen LogP contribution is 2.12. The monoisotopic (exact) mass is 243 g/mol. The maximum Gasteiger partial charge on any atom is 0.105 e. The van der Waals surface area contributed by atoms with E-state index in [1.54, 1.807) is 0 Å². The molecule has 1 aromatic heterocycles. The fourth-order valence-electron chi connectivity index (χ4n) is 2.01. The number of hydrogen-bond acceptors (Lipinski definition) is 2. The molecule has 2 aromatic rings. The Morgan fingerprint density at radius 1 is 1.22 bits per heavy atom. The molecule has 96 valence electrons. The van der Waals surface area contributed by atoms with E-state index < -0.39 is 0 Å². The Morgan fingerprint density at radius 2 is 1.94 bits per heavy atom. The van der Waals surface area contributed by atoms with Gasteiger partial charge in [-0.05, 0) is 26.3 Å². The van der Waals surface area contributed by atoms with E-state index >= 15 is 0 Å². The van der Waals surface area contributed by atoms with E-state index in [9.17, 15) is 0 Å². The molecule has 1 aromatic carbocycles. The summed E-state index contributed by atoms with van der Waals surface area (Å²) in [4.78, 5) is 4.22. The molecule has 0 spiro atoms. The molecule has 18 heavy (non-hydrogen) atoms. The molecule has 1 N–H and O–H groups in total. The van der Waals surface area contributed by atoms with E-state index in [-0.39, 0.29) is 0 Å². The summed E-state index contributed by atoms with van der Waals surface area (Å²) < 4.78 is 2.16. The molecule has 0 radical (unpaired) electrons. The highest BCUT2D eigenvalue weighted by Gasteiger charge is 2.04. The van der Waals surface area contributed by atoms with Crippen LogP contribution in [0.5, 0.6) is 0 Å². The Hall–Kier alpha value is -1.61. The summed E-state index contributed by atoms with van der Waals surface area (Å²) >= 11 is 0. The minimum absolute atomic E-state index is 0.384. The first kappa shape index (κ1) is 12.8. The predicted octanol–water partition coefficient (Wildman–Crippen LogP) is 2.85. The van der Waals surface area contributed by atoms with Gasteiger partial charge in [0.05, 0.1) is 0 Å². The molecule has 0 saturated carbocycles. The third-order valence-electron chi connectivity index (χ3n) is 3.30. The molecule has 0 unspecified atom stereocenters. The van der Waals surface area contributed by atoms with Gasteiger partial charge in [-0.2, -0.15) is 0 Å². The lowest BCUT2D eigenvalue weighted by Gasteiger charge is -2.15. The zero-order valence-electron chi connectivity index (χ0n) is 11.4. The van der Waals surface area contributed by atoms with Gasteiger partial charge in [0.2, 0.25) is 0 Å². The van der Waals surface area contributed by atoms with E-state index in [0.717, 1.165) is 18.9 Å². The molecule has 0 aliphatic carbocycles. The van der Waals surface area contributed by atoms with Crippen LogP contribution in [0, 0.1) is 13.8 Å².